The van der Waals surface area contributed by atoms with Crippen LogP contribution in [0.5, 0.6) is 0 Å². The summed E-state index contributed by atoms with van der Waals surface area (Å²) in [6, 6.07) is 18.3. The molecule has 2 aromatic carbocycles. The van der Waals surface area contributed by atoms with E-state index in [2.05, 4.69) is 20.8 Å². The molecule has 5 rings (SSSR count). The highest BCUT2D eigenvalue weighted by atomic mass is 16.6. The summed E-state index contributed by atoms with van der Waals surface area (Å²) >= 11 is 0. The van der Waals surface area contributed by atoms with Gasteiger partial charge in [-0.2, -0.15) is 0 Å². The van der Waals surface area contributed by atoms with Crippen LogP contribution in [0.25, 0.3) is 6.08 Å². The lowest BCUT2D eigenvalue weighted by atomic mass is 9.49. The van der Waals surface area contributed by atoms with Gasteiger partial charge >= 0.3 is 17.9 Å². The molecule has 2 saturated carbocycles. The lowest BCUT2D eigenvalue weighted by molar-refractivity contribution is -0.282. The van der Waals surface area contributed by atoms with Gasteiger partial charge in [-0.3, -0.25) is 4.79 Å². The fourth-order valence-corrected chi connectivity index (χ4v) is 7.33. The van der Waals surface area contributed by atoms with E-state index in [-0.39, 0.29) is 11.8 Å². The molecule has 3 aliphatic rings. The fraction of sp³-hybridized carbons (Fsp3) is 0.485. The van der Waals surface area contributed by atoms with Crippen molar-refractivity contribution in [3.8, 4) is 0 Å². The lowest BCUT2D eigenvalue weighted by Crippen LogP contribution is -2.71. The molecule has 1 heterocycles. The number of esters is 3. The molecule has 1 aliphatic heterocycles. The molecule has 0 radical (unpaired) electrons. The Kier molecular flexibility index (Phi) is 7.38. The van der Waals surface area contributed by atoms with Crippen molar-refractivity contribution >= 4 is 24.0 Å². The Labute approximate surface area is 235 Å². The van der Waals surface area contributed by atoms with Gasteiger partial charge in [-0.15, -0.1) is 0 Å². The number of ether oxygens (including phenoxy) is 4. The average molecular weight is 547 g/mol. The van der Waals surface area contributed by atoms with Gasteiger partial charge in [0, 0.05) is 13.0 Å². The standard InChI is InChI=1S/C33H38O7/c1-21-18-26(38-30(36)24-14-10-7-11-15-24)29(37-22(2)34)32(5)27(19-25-20-33(21,32)40-31(25,3)4)39-28(35)17-16-23-12-8-6-9-13-23/h6-17,21,25-27,29H,18-20H2,1-5H3/t21-,25-,26+,27+,29+,32-,33+/m1/s1. The molecule has 7 nitrogen and oxygen atoms in total. The molecule has 7 heteroatoms. The molecule has 2 aromatic rings. The number of carbonyl (C=O) groups excluding carboxylic acids is 3. The Balaban J connectivity index is 1.52. The van der Waals surface area contributed by atoms with E-state index < -0.39 is 52.8 Å². The first kappa shape index (κ1) is 28.1. The largest absolute Gasteiger partial charge is 0.458 e. The van der Waals surface area contributed by atoms with Gasteiger partial charge in [-0.1, -0.05) is 55.5 Å². The van der Waals surface area contributed by atoms with Gasteiger partial charge in [0.15, 0.2) is 6.10 Å². The molecule has 1 saturated heterocycles. The molecule has 0 amide bonds. The Bertz CT molecular complexity index is 1290. The minimum absolute atomic E-state index is 0.0662. The normalized spacial score (nSPS) is 34.1. The summed E-state index contributed by atoms with van der Waals surface area (Å²) in [6.45, 7) is 9.54. The van der Waals surface area contributed by atoms with E-state index in [0.29, 0.717) is 18.4 Å². The van der Waals surface area contributed by atoms with Crippen molar-refractivity contribution in [1.29, 1.82) is 0 Å². The number of fused-ring (bicyclic) bond motifs is 1. The van der Waals surface area contributed by atoms with Crippen LogP contribution in [0.1, 0.15) is 69.8 Å². The molecule has 3 fully saturated rings. The molecule has 0 aromatic heterocycles. The predicted octanol–water partition coefficient (Wildman–Crippen LogP) is 5.77. The van der Waals surface area contributed by atoms with Crippen molar-refractivity contribution in [2.75, 3.05) is 0 Å². The summed E-state index contributed by atoms with van der Waals surface area (Å²) in [5.41, 5.74) is -0.891. The number of hydrogen-bond acceptors (Lipinski definition) is 7. The number of carbonyl (C=O) groups is 3. The van der Waals surface area contributed by atoms with Crippen LogP contribution in [0.2, 0.25) is 0 Å². The minimum Gasteiger partial charge on any atom is -0.458 e. The van der Waals surface area contributed by atoms with Gasteiger partial charge in [0.2, 0.25) is 0 Å². The first-order valence-electron chi connectivity index (χ1n) is 14.0. The fourth-order valence-electron chi connectivity index (χ4n) is 7.33. The van der Waals surface area contributed by atoms with E-state index in [9.17, 15) is 14.4 Å². The van der Waals surface area contributed by atoms with E-state index in [0.717, 1.165) is 12.0 Å². The SMILES string of the molecule is CC(=O)O[C@H]1[C@@H](OC(=O)c2ccccc2)C[C@@H](C)[C@@]23C[C@@H](C[C@H](OC(=O)C=Cc4ccccc4)[C@]12C)C(C)(C)O3. The second kappa shape index (κ2) is 10.5. The number of benzene rings is 2. The maximum absolute atomic E-state index is 13.2. The topological polar surface area (TPSA) is 88.1 Å². The highest BCUT2D eigenvalue weighted by Crippen LogP contribution is 2.67. The second-order valence-corrected chi connectivity index (χ2v) is 12.2. The van der Waals surface area contributed by atoms with E-state index >= 15 is 0 Å². The molecule has 1 spiro atoms. The minimum atomic E-state index is -0.974. The van der Waals surface area contributed by atoms with Gasteiger partial charge < -0.3 is 18.9 Å². The highest BCUT2D eigenvalue weighted by Gasteiger charge is 2.75. The van der Waals surface area contributed by atoms with Crippen molar-refractivity contribution in [2.24, 2.45) is 17.3 Å². The molecule has 7 atom stereocenters. The zero-order valence-corrected chi connectivity index (χ0v) is 23.8. The zero-order chi connectivity index (χ0) is 28.7. The molecule has 0 N–H and O–H groups in total. The van der Waals surface area contributed by atoms with Crippen LogP contribution in [0.3, 0.4) is 0 Å². The third kappa shape index (κ3) is 4.85. The van der Waals surface area contributed by atoms with Gasteiger partial charge in [-0.05, 0) is 75.6 Å². The first-order valence-corrected chi connectivity index (χ1v) is 14.0. The third-order valence-electron chi connectivity index (χ3n) is 9.40. The van der Waals surface area contributed by atoms with Gasteiger partial charge in [-0.25, -0.2) is 9.59 Å². The van der Waals surface area contributed by atoms with Crippen molar-refractivity contribution in [3.63, 3.8) is 0 Å². The Morgan fingerprint density at radius 2 is 1.55 bits per heavy atom. The first-order chi connectivity index (χ1) is 19.0. The molecule has 0 unspecified atom stereocenters. The van der Waals surface area contributed by atoms with Crippen LogP contribution in [0.15, 0.2) is 66.7 Å². The van der Waals surface area contributed by atoms with Crippen LogP contribution in [0.4, 0.5) is 0 Å². The summed E-state index contributed by atoms with van der Waals surface area (Å²) in [5.74, 6) is -1.40. The summed E-state index contributed by atoms with van der Waals surface area (Å²) < 4.78 is 25.2. The molecule has 212 valence electrons. The summed E-state index contributed by atoms with van der Waals surface area (Å²) in [7, 11) is 0. The molecule has 2 aliphatic carbocycles. The summed E-state index contributed by atoms with van der Waals surface area (Å²) in [6.07, 6.45) is 2.62. The van der Waals surface area contributed by atoms with Crippen LogP contribution < -0.4 is 0 Å². The molecule has 40 heavy (non-hydrogen) atoms. The van der Waals surface area contributed by atoms with Crippen LogP contribution >= 0.6 is 0 Å². The van der Waals surface area contributed by atoms with Crippen molar-refractivity contribution < 1.29 is 33.3 Å². The Hall–Kier alpha value is -3.45. The third-order valence-corrected chi connectivity index (χ3v) is 9.40. The summed E-state index contributed by atoms with van der Waals surface area (Å²) in [5, 5.41) is 0. The van der Waals surface area contributed by atoms with E-state index in [1.807, 2.05) is 43.3 Å². The van der Waals surface area contributed by atoms with E-state index in [1.165, 1.54) is 13.0 Å². The van der Waals surface area contributed by atoms with Gasteiger partial charge in [0.05, 0.1) is 22.2 Å². The predicted molar refractivity (Wildman–Crippen MR) is 149 cm³/mol. The smallest absolute Gasteiger partial charge is 0.338 e. The van der Waals surface area contributed by atoms with E-state index in [1.54, 1.807) is 30.3 Å². The molecular formula is C33H38O7. The number of hydrogen-bond donors (Lipinski definition) is 0. The van der Waals surface area contributed by atoms with Crippen LogP contribution in [0, 0.1) is 17.3 Å². The maximum atomic E-state index is 13.2. The Morgan fingerprint density at radius 3 is 2.20 bits per heavy atom. The quantitative estimate of drug-likeness (QED) is 0.258. The van der Waals surface area contributed by atoms with Gasteiger partial charge in [0.1, 0.15) is 12.2 Å². The average Bonchev–Trinajstić information content (AvgIpc) is 3.17. The maximum Gasteiger partial charge on any atom is 0.338 e. The molecular weight excluding hydrogens is 508 g/mol. The van der Waals surface area contributed by atoms with Crippen LogP contribution in [-0.4, -0.2) is 47.4 Å². The van der Waals surface area contributed by atoms with E-state index in [4.69, 9.17) is 18.9 Å². The Morgan fingerprint density at radius 1 is 0.900 bits per heavy atom. The second-order valence-electron chi connectivity index (χ2n) is 12.2. The molecule has 2 bridgehead atoms. The van der Waals surface area contributed by atoms with Crippen molar-refractivity contribution in [3.05, 3.63) is 77.9 Å². The van der Waals surface area contributed by atoms with Crippen molar-refractivity contribution in [1.82, 2.24) is 0 Å². The zero-order valence-electron chi connectivity index (χ0n) is 23.8. The summed E-state index contributed by atoms with van der Waals surface area (Å²) in [4.78, 5) is 38.9. The monoisotopic (exact) mass is 546 g/mol. The number of rotatable bonds is 6. The van der Waals surface area contributed by atoms with Gasteiger partial charge in [0.25, 0.3) is 0 Å². The van der Waals surface area contributed by atoms with Crippen molar-refractivity contribution in [2.45, 2.75) is 83.4 Å². The highest BCUT2D eigenvalue weighted by molar-refractivity contribution is 5.89. The lowest BCUT2D eigenvalue weighted by Gasteiger charge is -2.61. The van der Waals surface area contributed by atoms with Crippen LogP contribution in [-0.2, 0) is 28.5 Å².